The summed E-state index contributed by atoms with van der Waals surface area (Å²) in [4.78, 5) is 11.9. The van der Waals surface area contributed by atoms with Gasteiger partial charge >= 0.3 is 5.97 Å². The number of nitrogens with zero attached hydrogens (tertiary/aromatic N) is 1. The van der Waals surface area contributed by atoms with E-state index in [9.17, 15) is 15.1 Å². The van der Waals surface area contributed by atoms with Crippen molar-refractivity contribution in [1.82, 2.24) is 0 Å². The number of furan rings is 1. The SMILES string of the molecule is O=C(O)C(CCCCCCc1ccccc1)C/C(=N/O)c1ccc2c3c(oc2c1)CCCC3. The molecule has 0 amide bonds. The standard InChI is InChI=1S/C28H33NO4/c30-28(31)22(13-7-2-1-4-10-20-11-5-3-6-12-20)18-25(29-32)21-16-17-24-23-14-8-9-15-26(23)33-27(24)19-21/h3,5-6,11-12,16-17,19,22,32H,1-2,4,7-10,13-15,18H2,(H,30,31)/b29-25-. The molecule has 0 aliphatic heterocycles. The molecule has 33 heavy (non-hydrogen) atoms. The van der Waals surface area contributed by atoms with Gasteiger partial charge in [0.15, 0.2) is 0 Å². The monoisotopic (exact) mass is 447 g/mol. The van der Waals surface area contributed by atoms with Crippen molar-refractivity contribution in [1.29, 1.82) is 0 Å². The van der Waals surface area contributed by atoms with Crippen LogP contribution >= 0.6 is 0 Å². The second-order valence-electron chi connectivity index (χ2n) is 9.15. The summed E-state index contributed by atoms with van der Waals surface area (Å²) in [6.45, 7) is 0. The smallest absolute Gasteiger partial charge is 0.306 e. The van der Waals surface area contributed by atoms with E-state index < -0.39 is 11.9 Å². The van der Waals surface area contributed by atoms with Gasteiger partial charge in [0.1, 0.15) is 11.3 Å². The summed E-state index contributed by atoms with van der Waals surface area (Å²) in [6.07, 6.45) is 10.2. The van der Waals surface area contributed by atoms with Gasteiger partial charge in [-0.25, -0.2) is 0 Å². The fourth-order valence-electron chi connectivity index (χ4n) is 4.92. The van der Waals surface area contributed by atoms with Gasteiger partial charge in [0.2, 0.25) is 0 Å². The van der Waals surface area contributed by atoms with Crippen LogP contribution in [0, 0.1) is 5.92 Å². The second-order valence-corrected chi connectivity index (χ2v) is 9.15. The molecule has 4 rings (SSSR count). The van der Waals surface area contributed by atoms with Crippen LogP contribution < -0.4 is 0 Å². The van der Waals surface area contributed by atoms with Crippen LogP contribution in [0.5, 0.6) is 0 Å². The van der Waals surface area contributed by atoms with E-state index in [0.29, 0.717) is 12.1 Å². The largest absolute Gasteiger partial charge is 0.481 e. The summed E-state index contributed by atoms with van der Waals surface area (Å²) in [7, 11) is 0. The van der Waals surface area contributed by atoms with Gasteiger partial charge in [-0.2, -0.15) is 0 Å². The van der Waals surface area contributed by atoms with Crippen LogP contribution in [0.2, 0.25) is 0 Å². The molecule has 2 N–H and O–H groups in total. The van der Waals surface area contributed by atoms with Gasteiger partial charge < -0.3 is 14.7 Å². The highest BCUT2D eigenvalue weighted by atomic mass is 16.4. The van der Waals surface area contributed by atoms with Crippen LogP contribution in [0.1, 0.15) is 73.8 Å². The molecule has 1 aromatic heterocycles. The summed E-state index contributed by atoms with van der Waals surface area (Å²) in [6, 6.07) is 16.3. The number of carboxylic acids is 1. The van der Waals surface area contributed by atoms with E-state index in [1.54, 1.807) is 0 Å². The maximum Gasteiger partial charge on any atom is 0.306 e. The Balaban J connectivity index is 1.32. The molecule has 0 fully saturated rings. The Morgan fingerprint density at radius 1 is 1.00 bits per heavy atom. The molecular weight excluding hydrogens is 414 g/mol. The molecule has 2 aromatic carbocycles. The van der Waals surface area contributed by atoms with E-state index in [2.05, 4.69) is 29.4 Å². The van der Waals surface area contributed by atoms with E-state index in [-0.39, 0.29) is 6.42 Å². The Morgan fingerprint density at radius 3 is 2.58 bits per heavy atom. The minimum Gasteiger partial charge on any atom is -0.481 e. The topological polar surface area (TPSA) is 83.0 Å². The first-order valence-corrected chi connectivity index (χ1v) is 12.2. The molecule has 1 unspecified atom stereocenters. The van der Waals surface area contributed by atoms with Crippen molar-refractivity contribution in [2.24, 2.45) is 11.1 Å². The number of aryl methyl sites for hydroxylation is 3. The lowest BCUT2D eigenvalue weighted by molar-refractivity contribution is -0.141. The van der Waals surface area contributed by atoms with Gasteiger partial charge in [-0.1, -0.05) is 66.9 Å². The highest BCUT2D eigenvalue weighted by Crippen LogP contribution is 2.33. The Hall–Kier alpha value is -3.08. The molecule has 5 heteroatoms. The van der Waals surface area contributed by atoms with Crippen LogP contribution in [-0.2, 0) is 24.1 Å². The van der Waals surface area contributed by atoms with Crippen LogP contribution in [0.4, 0.5) is 0 Å². The second kappa shape index (κ2) is 11.2. The van der Waals surface area contributed by atoms with E-state index >= 15 is 0 Å². The number of oxime groups is 1. The molecule has 0 radical (unpaired) electrons. The number of unbranched alkanes of at least 4 members (excludes halogenated alkanes) is 3. The summed E-state index contributed by atoms with van der Waals surface area (Å²) >= 11 is 0. The number of fused-ring (bicyclic) bond motifs is 3. The van der Waals surface area contributed by atoms with Gasteiger partial charge in [0.05, 0.1) is 11.6 Å². The van der Waals surface area contributed by atoms with Crippen molar-refractivity contribution >= 4 is 22.7 Å². The normalized spacial score (nSPS) is 14.8. The quantitative estimate of drug-likeness (QED) is 0.147. The average molecular weight is 448 g/mol. The highest BCUT2D eigenvalue weighted by molar-refractivity contribution is 6.04. The van der Waals surface area contributed by atoms with Crippen LogP contribution in [0.15, 0.2) is 58.1 Å². The van der Waals surface area contributed by atoms with Gasteiger partial charge in [0, 0.05) is 29.4 Å². The van der Waals surface area contributed by atoms with Crippen LogP contribution in [0.25, 0.3) is 11.0 Å². The predicted octanol–water partition coefficient (Wildman–Crippen LogP) is 6.77. The first kappa shape index (κ1) is 23.1. The van der Waals surface area contributed by atoms with Crippen molar-refractivity contribution in [2.45, 2.75) is 70.6 Å². The summed E-state index contributed by atoms with van der Waals surface area (Å²) in [5.74, 6) is -0.341. The molecule has 3 aromatic rings. The molecule has 0 spiro atoms. The number of aliphatic carboxylic acids is 1. The lowest BCUT2D eigenvalue weighted by atomic mass is 9.91. The first-order chi connectivity index (χ1) is 16.2. The number of hydrogen-bond acceptors (Lipinski definition) is 4. The number of carbonyl (C=O) groups is 1. The third-order valence-electron chi connectivity index (χ3n) is 6.81. The fourth-order valence-corrected chi connectivity index (χ4v) is 4.92. The molecule has 1 aliphatic carbocycles. The number of benzene rings is 2. The molecule has 1 heterocycles. The minimum atomic E-state index is -0.838. The van der Waals surface area contributed by atoms with Crippen molar-refractivity contribution in [2.75, 3.05) is 0 Å². The van der Waals surface area contributed by atoms with Crippen LogP contribution in [0.3, 0.4) is 0 Å². The minimum absolute atomic E-state index is 0.210. The molecule has 174 valence electrons. The van der Waals surface area contributed by atoms with Crippen molar-refractivity contribution in [3.05, 3.63) is 71.0 Å². The molecular formula is C28H33NO4. The molecule has 1 atom stereocenters. The average Bonchev–Trinajstić information content (AvgIpc) is 3.21. The Morgan fingerprint density at radius 2 is 1.79 bits per heavy atom. The van der Waals surface area contributed by atoms with E-state index in [1.807, 2.05) is 24.3 Å². The molecule has 0 bridgehead atoms. The Kier molecular flexibility index (Phi) is 7.82. The van der Waals surface area contributed by atoms with Crippen molar-refractivity contribution < 1.29 is 19.5 Å². The summed E-state index contributed by atoms with van der Waals surface area (Å²) in [5.41, 5.74) is 4.57. The lowest BCUT2D eigenvalue weighted by Crippen LogP contribution is -2.19. The van der Waals surface area contributed by atoms with E-state index in [0.717, 1.165) is 73.7 Å². The van der Waals surface area contributed by atoms with E-state index in [1.165, 1.54) is 17.5 Å². The van der Waals surface area contributed by atoms with E-state index in [4.69, 9.17) is 4.42 Å². The Bertz CT molecular complexity index is 1100. The number of hydrogen-bond donors (Lipinski definition) is 2. The van der Waals surface area contributed by atoms with Gasteiger partial charge in [-0.05, 0) is 50.2 Å². The molecule has 5 nitrogen and oxygen atoms in total. The number of carboxylic acid groups (broad SMARTS) is 1. The first-order valence-electron chi connectivity index (χ1n) is 12.2. The Labute approximate surface area is 195 Å². The zero-order valence-electron chi connectivity index (χ0n) is 19.1. The summed E-state index contributed by atoms with van der Waals surface area (Å²) in [5, 5.41) is 24.0. The molecule has 0 saturated carbocycles. The molecule has 0 saturated heterocycles. The maximum atomic E-state index is 11.9. The third-order valence-corrected chi connectivity index (χ3v) is 6.81. The lowest BCUT2D eigenvalue weighted by Gasteiger charge is -2.13. The zero-order valence-corrected chi connectivity index (χ0v) is 19.1. The summed E-state index contributed by atoms with van der Waals surface area (Å²) < 4.78 is 6.06. The predicted molar refractivity (Wildman–Crippen MR) is 130 cm³/mol. The number of rotatable bonds is 11. The van der Waals surface area contributed by atoms with Crippen LogP contribution in [-0.4, -0.2) is 22.0 Å². The maximum absolute atomic E-state index is 11.9. The van der Waals surface area contributed by atoms with Crippen molar-refractivity contribution in [3.8, 4) is 0 Å². The van der Waals surface area contributed by atoms with Gasteiger partial charge in [0.25, 0.3) is 0 Å². The fraction of sp³-hybridized carbons (Fsp3) is 0.429. The zero-order chi connectivity index (χ0) is 23.0. The van der Waals surface area contributed by atoms with Crippen molar-refractivity contribution in [3.63, 3.8) is 0 Å². The van der Waals surface area contributed by atoms with Gasteiger partial charge in [-0.3, -0.25) is 4.79 Å². The third kappa shape index (κ3) is 5.84. The highest BCUT2D eigenvalue weighted by Gasteiger charge is 2.23. The molecule has 1 aliphatic rings. The van der Waals surface area contributed by atoms with Gasteiger partial charge in [-0.15, -0.1) is 0 Å².